The van der Waals surface area contributed by atoms with E-state index in [0.717, 1.165) is 25.6 Å². The number of ether oxygens (including phenoxy) is 1. The number of hydrogen-bond donors (Lipinski definition) is 1. The fraction of sp³-hybridized carbons (Fsp3) is 1.00. The molecule has 3 nitrogen and oxygen atoms in total. The maximum atomic E-state index is 5.79. The molecule has 0 bridgehead atoms. The van der Waals surface area contributed by atoms with Crippen molar-refractivity contribution in [2.75, 3.05) is 39.8 Å². The normalized spacial score (nSPS) is 31.9. The summed E-state index contributed by atoms with van der Waals surface area (Å²) in [7, 11) is 2.19. The van der Waals surface area contributed by atoms with Gasteiger partial charge in [0.1, 0.15) is 0 Å². The first-order chi connectivity index (χ1) is 6.84. The molecule has 1 atom stereocenters. The molecular formula is C11H22N2O. The molecule has 1 unspecified atom stereocenters. The van der Waals surface area contributed by atoms with E-state index in [-0.39, 0.29) is 0 Å². The number of nitrogens with zero attached hydrogens (tertiary/aromatic N) is 1. The molecule has 3 heteroatoms. The molecule has 82 valence electrons. The van der Waals surface area contributed by atoms with E-state index in [4.69, 9.17) is 4.74 Å². The van der Waals surface area contributed by atoms with Gasteiger partial charge >= 0.3 is 0 Å². The van der Waals surface area contributed by atoms with Crippen molar-refractivity contribution in [3.8, 4) is 0 Å². The van der Waals surface area contributed by atoms with Crippen LogP contribution < -0.4 is 5.32 Å². The summed E-state index contributed by atoms with van der Waals surface area (Å²) in [6, 6.07) is 0. The minimum absolute atomic E-state index is 0.497. The van der Waals surface area contributed by atoms with Crippen LogP contribution in [0.15, 0.2) is 0 Å². The highest BCUT2D eigenvalue weighted by Gasteiger charge is 2.22. The van der Waals surface area contributed by atoms with Gasteiger partial charge in [-0.3, -0.25) is 0 Å². The monoisotopic (exact) mass is 198 g/mol. The topological polar surface area (TPSA) is 24.5 Å². The summed E-state index contributed by atoms with van der Waals surface area (Å²) in [5.41, 5.74) is 0. The Kier molecular flexibility index (Phi) is 3.79. The van der Waals surface area contributed by atoms with Crippen LogP contribution in [0.1, 0.15) is 19.3 Å². The molecule has 0 aromatic carbocycles. The van der Waals surface area contributed by atoms with E-state index in [1.807, 2.05) is 0 Å². The van der Waals surface area contributed by atoms with Gasteiger partial charge in [0.15, 0.2) is 0 Å². The third kappa shape index (κ3) is 2.94. The first-order valence-corrected chi connectivity index (χ1v) is 5.85. The summed E-state index contributed by atoms with van der Waals surface area (Å²) in [4.78, 5) is 2.38. The van der Waals surface area contributed by atoms with Gasteiger partial charge in [0.2, 0.25) is 0 Å². The lowest BCUT2D eigenvalue weighted by molar-refractivity contribution is -0.0327. The van der Waals surface area contributed by atoms with Crippen molar-refractivity contribution in [1.82, 2.24) is 10.2 Å². The first-order valence-electron chi connectivity index (χ1n) is 5.85. The van der Waals surface area contributed by atoms with Crippen LogP contribution in [0.25, 0.3) is 0 Å². The largest absolute Gasteiger partial charge is 0.376 e. The van der Waals surface area contributed by atoms with Crippen molar-refractivity contribution in [2.24, 2.45) is 5.92 Å². The molecular weight excluding hydrogens is 176 g/mol. The Morgan fingerprint density at radius 3 is 2.86 bits per heavy atom. The lowest BCUT2D eigenvalue weighted by Crippen LogP contribution is -2.41. The maximum Gasteiger partial charge on any atom is 0.0705 e. The van der Waals surface area contributed by atoms with Gasteiger partial charge < -0.3 is 15.0 Å². The van der Waals surface area contributed by atoms with Crippen molar-refractivity contribution in [3.63, 3.8) is 0 Å². The molecule has 0 radical (unpaired) electrons. The fourth-order valence-electron chi connectivity index (χ4n) is 2.50. The molecule has 0 spiro atoms. The van der Waals surface area contributed by atoms with Gasteiger partial charge in [-0.15, -0.1) is 0 Å². The first kappa shape index (κ1) is 10.4. The fourth-order valence-corrected chi connectivity index (χ4v) is 2.50. The van der Waals surface area contributed by atoms with Crippen molar-refractivity contribution in [1.29, 1.82) is 0 Å². The van der Waals surface area contributed by atoms with Crippen LogP contribution >= 0.6 is 0 Å². The number of morpholine rings is 1. The van der Waals surface area contributed by atoms with E-state index >= 15 is 0 Å². The average molecular weight is 198 g/mol. The highest BCUT2D eigenvalue weighted by atomic mass is 16.5. The van der Waals surface area contributed by atoms with E-state index < -0.39 is 0 Å². The predicted octanol–water partition coefficient (Wildman–Crippen LogP) is 0.707. The van der Waals surface area contributed by atoms with Crippen molar-refractivity contribution in [2.45, 2.75) is 25.4 Å². The average Bonchev–Trinajstić information content (AvgIpc) is 2.19. The van der Waals surface area contributed by atoms with Crippen LogP contribution in [0.4, 0.5) is 0 Å². The van der Waals surface area contributed by atoms with Gasteiger partial charge in [-0.2, -0.15) is 0 Å². The van der Waals surface area contributed by atoms with E-state index in [9.17, 15) is 0 Å². The summed E-state index contributed by atoms with van der Waals surface area (Å²) in [5, 5.41) is 3.41. The molecule has 0 saturated carbocycles. The van der Waals surface area contributed by atoms with Crippen LogP contribution in [0.3, 0.4) is 0 Å². The van der Waals surface area contributed by atoms with Crippen molar-refractivity contribution < 1.29 is 4.74 Å². The summed E-state index contributed by atoms with van der Waals surface area (Å²) in [5.74, 6) is 0.896. The summed E-state index contributed by atoms with van der Waals surface area (Å²) < 4.78 is 5.79. The lowest BCUT2D eigenvalue weighted by Gasteiger charge is -2.33. The van der Waals surface area contributed by atoms with Gasteiger partial charge in [0, 0.05) is 13.1 Å². The van der Waals surface area contributed by atoms with Crippen LogP contribution in [0.2, 0.25) is 0 Å². The molecule has 2 aliphatic rings. The third-order valence-electron chi connectivity index (χ3n) is 3.40. The molecule has 0 amide bonds. The van der Waals surface area contributed by atoms with Gasteiger partial charge in [0.25, 0.3) is 0 Å². The Hall–Kier alpha value is -0.120. The van der Waals surface area contributed by atoms with Crippen molar-refractivity contribution in [3.05, 3.63) is 0 Å². The van der Waals surface area contributed by atoms with Crippen LogP contribution in [-0.4, -0.2) is 50.8 Å². The highest BCUT2D eigenvalue weighted by Crippen LogP contribution is 2.21. The Labute approximate surface area is 86.8 Å². The minimum Gasteiger partial charge on any atom is -0.376 e. The molecule has 2 rings (SSSR count). The van der Waals surface area contributed by atoms with Crippen molar-refractivity contribution >= 4 is 0 Å². The highest BCUT2D eigenvalue weighted by molar-refractivity contribution is 4.76. The SMILES string of the molecule is CN1CCOC(CC2CCNCC2)C1. The summed E-state index contributed by atoms with van der Waals surface area (Å²) >= 11 is 0. The third-order valence-corrected chi connectivity index (χ3v) is 3.40. The minimum atomic E-state index is 0.497. The smallest absolute Gasteiger partial charge is 0.0705 e. The van der Waals surface area contributed by atoms with E-state index in [0.29, 0.717) is 6.10 Å². The van der Waals surface area contributed by atoms with Gasteiger partial charge in [-0.1, -0.05) is 0 Å². The van der Waals surface area contributed by atoms with E-state index in [1.54, 1.807) is 0 Å². The Bertz CT molecular complexity index is 169. The van der Waals surface area contributed by atoms with Crippen LogP contribution in [0, 0.1) is 5.92 Å². The number of nitrogens with one attached hydrogen (secondary N) is 1. The number of likely N-dealkylation sites (N-methyl/N-ethyl adjacent to an activating group) is 1. The second-order valence-electron chi connectivity index (χ2n) is 4.68. The summed E-state index contributed by atoms with van der Waals surface area (Å²) in [6.45, 7) is 5.55. The Morgan fingerprint density at radius 1 is 1.36 bits per heavy atom. The zero-order valence-electron chi connectivity index (χ0n) is 9.17. The van der Waals surface area contributed by atoms with Gasteiger partial charge in [-0.05, 0) is 45.3 Å². The van der Waals surface area contributed by atoms with E-state index in [1.165, 1.54) is 32.4 Å². The number of piperidine rings is 1. The standard InChI is InChI=1S/C11H22N2O/c1-13-6-7-14-11(9-13)8-10-2-4-12-5-3-10/h10-12H,2-9H2,1H3. The van der Waals surface area contributed by atoms with Gasteiger partial charge in [0.05, 0.1) is 12.7 Å². The number of rotatable bonds is 2. The number of hydrogen-bond acceptors (Lipinski definition) is 3. The second-order valence-corrected chi connectivity index (χ2v) is 4.68. The molecule has 2 fully saturated rings. The molecule has 2 aliphatic heterocycles. The predicted molar refractivity (Wildman–Crippen MR) is 57.4 cm³/mol. The summed E-state index contributed by atoms with van der Waals surface area (Å²) in [6.07, 6.45) is 4.44. The molecule has 0 aromatic rings. The zero-order valence-corrected chi connectivity index (χ0v) is 9.17. The Morgan fingerprint density at radius 2 is 2.14 bits per heavy atom. The molecule has 0 aliphatic carbocycles. The van der Waals surface area contributed by atoms with Crippen LogP contribution in [0.5, 0.6) is 0 Å². The molecule has 1 N–H and O–H groups in total. The Balaban J connectivity index is 1.72. The second kappa shape index (κ2) is 5.10. The maximum absolute atomic E-state index is 5.79. The molecule has 2 heterocycles. The quantitative estimate of drug-likeness (QED) is 0.707. The molecule has 0 aromatic heterocycles. The lowest BCUT2D eigenvalue weighted by atomic mass is 9.91. The molecule has 2 saturated heterocycles. The van der Waals surface area contributed by atoms with E-state index in [2.05, 4.69) is 17.3 Å². The van der Waals surface area contributed by atoms with Gasteiger partial charge in [-0.25, -0.2) is 0 Å². The zero-order chi connectivity index (χ0) is 9.80. The van der Waals surface area contributed by atoms with Crippen LogP contribution in [-0.2, 0) is 4.74 Å². The molecule has 14 heavy (non-hydrogen) atoms.